The number of H-pyrrole nitrogens is 1. The fourth-order valence-electron chi connectivity index (χ4n) is 2.89. The van der Waals surface area contributed by atoms with E-state index in [4.69, 9.17) is 16.3 Å². The SMILES string of the molecule is O=C(Cc1cncc(-c2c[nH]c3ncc(Cl)cc23)n1)N1CCOCC1. The second-order valence-corrected chi connectivity index (χ2v) is 6.25. The molecule has 1 aliphatic heterocycles. The molecule has 25 heavy (non-hydrogen) atoms. The number of carbonyl (C=O) groups is 1. The van der Waals surface area contributed by atoms with Crippen molar-refractivity contribution in [3.63, 3.8) is 0 Å². The summed E-state index contributed by atoms with van der Waals surface area (Å²) in [6.45, 7) is 2.41. The number of pyridine rings is 1. The van der Waals surface area contributed by atoms with Gasteiger partial charge in [0, 0.05) is 42.6 Å². The van der Waals surface area contributed by atoms with Gasteiger partial charge >= 0.3 is 0 Å². The number of nitrogens with one attached hydrogen (secondary N) is 1. The number of hydrogen-bond acceptors (Lipinski definition) is 5. The Morgan fingerprint density at radius 2 is 2.12 bits per heavy atom. The normalized spacial score (nSPS) is 14.8. The first-order chi connectivity index (χ1) is 12.2. The van der Waals surface area contributed by atoms with Crippen molar-refractivity contribution in [3.05, 3.63) is 41.6 Å². The summed E-state index contributed by atoms with van der Waals surface area (Å²) in [5.74, 6) is 0.0402. The number of halogens is 1. The lowest BCUT2D eigenvalue weighted by Crippen LogP contribution is -2.41. The molecule has 0 aromatic carbocycles. The zero-order chi connectivity index (χ0) is 17.2. The molecule has 3 aromatic rings. The largest absolute Gasteiger partial charge is 0.378 e. The molecule has 0 bridgehead atoms. The van der Waals surface area contributed by atoms with Gasteiger partial charge in [-0.25, -0.2) is 9.97 Å². The Morgan fingerprint density at radius 3 is 2.96 bits per heavy atom. The van der Waals surface area contributed by atoms with Crippen LogP contribution in [0, 0.1) is 0 Å². The molecule has 4 rings (SSSR count). The zero-order valence-corrected chi connectivity index (χ0v) is 14.2. The summed E-state index contributed by atoms with van der Waals surface area (Å²) in [4.78, 5) is 30.4. The van der Waals surface area contributed by atoms with Gasteiger partial charge in [-0.15, -0.1) is 0 Å². The van der Waals surface area contributed by atoms with Crippen molar-refractivity contribution < 1.29 is 9.53 Å². The van der Waals surface area contributed by atoms with Crippen LogP contribution in [0.4, 0.5) is 0 Å². The number of aromatic amines is 1. The van der Waals surface area contributed by atoms with Crippen molar-refractivity contribution >= 4 is 28.5 Å². The first-order valence-electron chi connectivity index (χ1n) is 8.00. The number of amides is 1. The van der Waals surface area contributed by atoms with Gasteiger partial charge in [0.1, 0.15) is 5.65 Å². The molecule has 1 fully saturated rings. The highest BCUT2D eigenvalue weighted by atomic mass is 35.5. The van der Waals surface area contributed by atoms with Gasteiger partial charge in [-0.1, -0.05) is 11.6 Å². The number of hydrogen-bond donors (Lipinski definition) is 1. The summed E-state index contributed by atoms with van der Waals surface area (Å²) in [5, 5.41) is 1.43. The summed E-state index contributed by atoms with van der Waals surface area (Å²) in [5.41, 5.74) is 2.91. The van der Waals surface area contributed by atoms with Crippen LogP contribution in [-0.2, 0) is 16.0 Å². The molecule has 4 heterocycles. The predicted molar refractivity (Wildman–Crippen MR) is 93.2 cm³/mol. The molecule has 3 aromatic heterocycles. The molecule has 0 radical (unpaired) electrons. The lowest BCUT2D eigenvalue weighted by Gasteiger charge is -2.26. The third kappa shape index (κ3) is 3.33. The quantitative estimate of drug-likeness (QED) is 0.775. The van der Waals surface area contributed by atoms with Crippen molar-refractivity contribution in [1.29, 1.82) is 0 Å². The number of carbonyl (C=O) groups excluding carboxylic acids is 1. The summed E-state index contributed by atoms with van der Waals surface area (Å²) >= 11 is 6.05. The van der Waals surface area contributed by atoms with Crippen molar-refractivity contribution in [2.24, 2.45) is 0 Å². The Kier molecular flexibility index (Phi) is 4.33. The highest BCUT2D eigenvalue weighted by Gasteiger charge is 2.18. The maximum atomic E-state index is 12.4. The Hall–Kier alpha value is -2.51. The van der Waals surface area contributed by atoms with Gasteiger partial charge in [-0.3, -0.25) is 9.78 Å². The molecule has 0 spiro atoms. The predicted octanol–water partition coefficient (Wildman–Crippen LogP) is 2.07. The summed E-state index contributed by atoms with van der Waals surface area (Å²) in [7, 11) is 0. The number of fused-ring (bicyclic) bond motifs is 1. The lowest BCUT2D eigenvalue weighted by atomic mass is 10.1. The third-order valence-electron chi connectivity index (χ3n) is 4.15. The van der Waals surface area contributed by atoms with E-state index < -0.39 is 0 Å². The average molecular weight is 358 g/mol. The van der Waals surface area contributed by atoms with E-state index in [0.717, 1.165) is 16.6 Å². The van der Waals surface area contributed by atoms with E-state index in [1.165, 1.54) is 0 Å². The smallest absolute Gasteiger partial charge is 0.228 e. The van der Waals surface area contributed by atoms with Crippen molar-refractivity contribution in [3.8, 4) is 11.3 Å². The van der Waals surface area contributed by atoms with Gasteiger partial charge in [0.25, 0.3) is 0 Å². The molecule has 7 nitrogen and oxygen atoms in total. The van der Waals surface area contributed by atoms with Gasteiger partial charge in [0.05, 0.1) is 42.2 Å². The minimum Gasteiger partial charge on any atom is -0.378 e. The van der Waals surface area contributed by atoms with Crippen LogP contribution in [-0.4, -0.2) is 57.0 Å². The average Bonchev–Trinajstić information content (AvgIpc) is 3.05. The second kappa shape index (κ2) is 6.78. The number of aromatic nitrogens is 4. The molecule has 0 unspecified atom stereocenters. The first kappa shape index (κ1) is 16.0. The fourth-order valence-corrected chi connectivity index (χ4v) is 3.05. The standard InChI is InChI=1S/C17H16ClN5O2/c18-11-5-13-14(9-21-17(13)20-7-11)15-10-19-8-12(22-15)6-16(24)23-1-3-25-4-2-23/h5,7-10H,1-4,6H2,(H,20,21). The monoisotopic (exact) mass is 357 g/mol. The van der Waals surface area contributed by atoms with E-state index in [1.807, 2.05) is 12.3 Å². The highest BCUT2D eigenvalue weighted by Crippen LogP contribution is 2.27. The molecule has 0 aliphatic carbocycles. The zero-order valence-electron chi connectivity index (χ0n) is 13.4. The summed E-state index contributed by atoms with van der Waals surface area (Å²) in [6.07, 6.45) is 6.94. The molecular formula is C17H16ClN5O2. The van der Waals surface area contributed by atoms with Gasteiger partial charge in [-0.05, 0) is 6.07 Å². The minimum absolute atomic E-state index is 0.0402. The highest BCUT2D eigenvalue weighted by molar-refractivity contribution is 6.31. The van der Waals surface area contributed by atoms with Gasteiger partial charge in [0.15, 0.2) is 0 Å². The minimum atomic E-state index is 0.0402. The number of morpholine rings is 1. The van der Waals surface area contributed by atoms with Gasteiger partial charge in [-0.2, -0.15) is 0 Å². The van der Waals surface area contributed by atoms with E-state index in [0.29, 0.717) is 42.7 Å². The molecule has 1 amide bonds. The van der Waals surface area contributed by atoms with Crippen LogP contribution >= 0.6 is 11.6 Å². The maximum absolute atomic E-state index is 12.4. The van der Waals surface area contributed by atoms with Crippen molar-refractivity contribution in [2.75, 3.05) is 26.3 Å². The van der Waals surface area contributed by atoms with Crippen LogP contribution in [0.5, 0.6) is 0 Å². The summed E-state index contributed by atoms with van der Waals surface area (Å²) < 4.78 is 5.28. The van der Waals surface area contributed by atoms with Crippen LogP contribution < -0.4 is 0 Å². The molecular weight excluding hydrogens is 342 g/mol. The Morgan fingerprint density at radius 1 is 1.28 bits per heavy atom. The number of ether oxygens (including phenoxy) is 1. The maximum Gasteiger partial charge on any atom is 0.228 e. The second-order valence-electron chi connectivity index (χ2n) is 5.82. The molecule has 1 N–H and O–H groups in total. The van der Waals surface area contributed by atoms with Crippen molar-refractivity contribution in [1.82, 2.24) is 24.8 Å². The number of nitrogens with zero attached hydrogens (tertiary/aromatic N) is 4. The molecule has 1 aliphatic rings. The Bertz CT molecular complexity index is 920. The number of rotatable bonds is 3. The van der Waals surface area contributed by atoms with E-state index in [9.17, 15) is 4.79 Å². The fraction of sp³-hybridized carbons (Fsp3) is 0.294. The van der Waals surface area contributed by atoms with Crippen LogP contribution in [0.2, 0.25) is 5.02 Å². The van der Waals surface area contributed by atoms with E-state index in [2.05, 4.69) is 19.9 Å². The molecule has 128 valence electrons. The van der Waals surface area contributed by atoms with E-state index >= 15 is 0 Å². The Balaban J connectivity index is 1.60. The van der Waals surface area contributed by atoms with E-state index in [-0.39, 0.29) is 12.3 Å². The summed E-state index contributed by atoms with van der Waals surface area (Å²) in [6, 6.07) is 1.84. The molecule has 1 saturated heterocycles. The van der Waals surface area contributed by atoms with Crippen LogP contribution in [0.1, 0.15) is 5.69 Å². The molecule has 8 heteroatoms. The third-order valence-corrected chi connectivity index (χ3v) is 4.36. The lowest BCUT2D eigenvalue weighted by molar-refractivity contribution is -0.134. The van der Waals surface area contributed by atoms with Crippen LogP contribution in [0.25, 0.3) is 22.3 Å². The van der Waals surface area contributed by atoms with Crippen LogP contribution in [0.3, 0.4) is 0 Å². The topological polar surface area (TPSA) is 84.0 Å². The van der Waals surface area contributed by atoms with Gasteiger partial charge in [0.2, 0.25) is 5.91 Å². The molecule has 0 saturated carbocycles. The Labute approximate surface area is 149 Å². The van der Waals surface area contributed by atoms with Crippen molar-refractivity contribution in [2.45, 2.75) is 6.42 Å². The van der Waals surface area contributed by atoms with E-state index in [1.54, 1.807) is 23.5 Å². The first-order valence-corrected chi connectivity index (χ1v) is 8.38. The van der Waals surface area contributed by atoms with Crippen LogP contribution in [0.15, 0.2) is 30.9 Å². The van der Waals surface area contributed by atoms with Gasteiger partial charge < -0.3 is 14.6 Å². The molecule has 0 atom stereocenters.